The summed E-state index contributed by atoms with van der Waals surface area (Å²) in [4.78, 5) is 4.71. The first-order valence-corrected chi connectivity index (χ1v) is 7.81. The minimum Gasteiger partial charge on any atom is -0.228 e. The molecule has 1 aromatic carbocycles. The van der Waals surface area contributed by atoms with Gasteiger partial charge < -0.3 is 0 Å². The van der Waals surface area contributed by atoms with Crippen molar-refractivity contribution >= 4 is 17.2 Å². The second kappa shape index (κ2) is 5.15. The molecule has 2 heterocycles. The Bertz CT molecular complexity index is 773. The molecule has 3 aromatic rings. The van der Waals surface area contributed by atoms with Crippen molar-refractivity contribution in [2.24, 2.45) is 0 Å². The van der Waals surface area contributed by atoms with Gasteiger partial charge in [0.1, 0.15) is 5.15 Å². The number of hydrogen-bond acceptors (Lipinski definition) is 2. The third-order valence-corrected chi connectivity index (χ3v) is 4.51. The zero-order valence-corrected chi connectivity index (χ0v) is 12.4. The van der Waals surface area contributed by atoms with Crippen LogP contribution in [0.2, 0.25) is 5.15 Å². The molecule has 106 valence electrons. The van der Waals surface area contributed by atoms with Crippen LogP contribution in [0.1, 0.15) is 37.3 Å². The zero-order valence-electron chi connectivity index (χ0n) is 11.7. The molecule has 4 heteroatoms. The molecule has 1 aliphatic rings. The Morgan fingerprint density at radius 3 is 2.57 bits per heavy atom. The van der Waals surface area contributed by atoms with Gasteiger partial charge in [-0.3, -0.25) is 0 Å². The molecule has 0 N–H and O–H groups in total. The number of halogens is 1. The highest BCUT2D eigenvalue weighted by Gasteiger charge is 2.21. The van der Waals surface area contributed by atoms with Gasteiger partial charge in [-0.25, -0.2) is 9.50 Å². The maximum absolute atomic E-state index is 6.39. The van der Waals surface area contributed by atoms with Gasteiger partial charge in [0.05, 0.1) is 11.4 Å². The fraction of sp³-hybridized carbons (Fsp3) is 0.294. The first kappa shape index (κ1) is 12.8. The Balaban J connectivity index is 1.82. The molecule has 0 radical (unpaired) electrons. The smallest absolute Gasteiger partial charge is 0.157 e. The van der Waals surface area contributed by atoms with Crippen LogP contribution in [0.15, 0.2) is 42.5 Å². The normalized spacial score (nSPS) is 15.9. The molecule has 0 amide bonds. The highest BCUT2D eigenvalue weighted by molar-refractivity contribution is 6.30. The Morgan fingerprint density at radius 1 is 1.05 bits per heavy atom. The molecule has 0 bridgehead atoms. The average molecular weight is 298 g/mol. The van der Waals surface area contributed by atoms with Gasteiger partial charge in [-0.05, 0) is 12.8 Å². The van der Waals surface area contributed by atoms with Crippen molar-refractivity contribution in [2.45, 2.75) is 31.6 Å². The summed E-state index contributed by atoms with van der Waals surface area (Å²) < 4.78 is 1.75. The number of aromatic nitrogens is 3. The lowest BCUT2D eigenvalue weighted by Crippen LogP contribution is -1.96. The highest BCUT2D eigenvalue weighted by atomic mass is 35.5. The Labute approximate surface area is 128 Å². The second-order valence-corrected chi connectivity index (χ2v) is 6.04. The summed E-state index contributed by atoms with van der Waals surface area (Å²) in [7, 11) is 0. The minimum atomic E-state index is 0.572. The van der Waals surface area contributed by atoms with Gasteiger partial charge in [0.2, 0.25) is 0 Å². The molecular weight excluding hydrogens is 282 g/mol. The molecule has 0 spiro atoms. The van der Waals surface area contributed by atoms with Crippen LogP contribution >= 0.6 is 11.6 Å². The minimum absolute atomic E-state index is 0.572. The zero-order chi connectivity index (χ0) is 14.2. The molecule has 1 saturated carbocycles. The summed E-state index contributed by atoms with van der Waals surface area (Å²) in [6.07, 6.45) is 5.06. The number of rotatable bonds is 2. The van der Waals surface area contributed by atoms with Crippen LogP contribution in [0.4, 0.5) is 0 Å². The van der Waals surface area contributed by atoms with Crippen LogP contribution in [0.3, 0.4) is 0 Å². The van der Waals surface area contributed by atoms with Crippen molar-refractivity contribution < 1.29 is 0 Å². The van der Waals surface area contributed by atoms with E-state index >= 15 is 0 Å². The lowest BCUT2D eigenvalue weighted by molar-refractivity contribution is 0.684. The third kappa shape index (κ3) is 2.32. The number of hydrogen-bond donors (Lipinski definition) is 0. The first-order valence-electron chi connectivity index (χ1n) is 7.43. The standard InChI is InChI=1S/C17H16ClN3/c18-16-10-14(12-6-2-1-3-7-12)19-17-11-15(20-21(16)17)13-8-4-5-9-13/h1-3,6-7,10-11,13H,4-5,8-9H2. The van der Waals surface area contributed by atoms with Gasteiger partial charge in [-0.1, -0.05) is 54.8 Å². The number of fused-ring (bicyclic) bond motifs is 1. The fourth-order valence-electron chi connectivity index (χ4n) is 3.13. The third-order valence-electron chi connectivity index (χ3n) is 4.25. The Morgan fingerprint density at radius 2 is 1.81 bits per heavy atom. The van der Waals surface area contributed by atoms with Crippen LogP contribution in [-0.4, -0.2) is 14.6 Å². The summed E-state index contributed by atoms with van der Waals surface area (Å²) in [5, 5.41) is 5.27. The molecule has 4 rings (SSSR count). The summed E-state index contributed by atoms with van der Waals surface area (Å²) in [5.74, 6) is 0.572. The predicted molar refractivity (Wildman–Crippen MR) is 84.6 cm³/mol. The topological polar surface area (TPSA) is 30.2 Å². The van der Waals surface area contributed by atoms with E-state index in [9.17, 15) is 0 Å². The molecule has 0 aliphatic heterocycles. The highest BCUT2D eigenvalue weighted by Crippen LogP contribution is 2.34. The predicted octanol–water partition coefficient (Wildman–Crippen LogP) is 4.71. The lowest BCUT2D eigenvalue weighted by atomic mass is 10.1. The first-order chi connectivity index (χ1) is 10.3. The fourth-order valence-corrected chi connectivity index (χ4v) is 3.36. The Hall–Kier alpha value is -1.87. The quantitative estimate of drug-likeness (QED) is 0.641. The van der Waals surface area contributed by atoms with Gasteiger partial charge in [-0.15, -0.1) is 0 Å². The van der Waals surface area contributed by atoms with Crippen molar-refractivity contribution in [1.82, 2.24) is 14.6 Å². The maximum Gasteiger partial charge on any atom is 0.157 e. The largest absolute Gasteiger partial charge is 0.228 e. The van der Waals surface area contributed by atoms with E-state index in [0.717, 1.165) is 22.6 Å². The van der Waals surface area contributed by atoms with E-state index in [0.29, 0.717) is 11.1 Å². The van der Waals surface area contributed by atoms with Crippen molar-refractivity contribution in [3.8, 4) is 11.3 Å². The van der Waals surface area contributed by atoms with Gasteiger partial charge in [0.25, 0.3) is 0 Å². The average Bonchev–Trinajstić information content (AvgIpc) is 3.17. The summed E-state index contributed by atoms with van der Waals surface area (Å²) >= 11 is 6.39. The second-order valence-electron chi connectivity index (χ2n) is 5.65. The Kier molecular flexibility index (Phi) is 3.15. The van der Waals surface area contributed by atoms with Crippen LogP contribution in [0.25, 0.3) is 16.9 Å². The lowest BCUT2D eigenvalue weighted by Gasteiger charge is -2.03. The van der Waals surface area contributed by atoms with Gasteiger partial charge >= 0.3 is 0 Å². The van der Waals surface area contributed by atoms with E-state index in [2.05, 4.69) is 11.2 Å². The van der Waals surface area contributed by atoms with Crippen molar-refractivity contribution in [1.29, 1.82) is 0 Å². The molecule has 1 aliphatic carbocycles. The number of nitrogens with zero attached hydrogens (tertiary/aromatic N) is 3. The van der Waals surface area contributed by atoms with Crippen molar-refractivity contribution in [3.05, 3.63) is 53.3 Å². The van der Waals surface area contributed by atoms with Crippen molar-refractivity contribution in [3.63, 3.8) is 0 Å². The van der Waals surface area contributed by atoms with Crippen LogP contribution in [0.5, 0.6) is 0 Å². The van der Waals surface area contributed by atoms with Crippen LogP contribution in [0, 0.1) is 0 Å². The molecule has 2 aromatic heterocycles. The van der Waals surface area contributed by atoms with Crippen LogP contribution < -0.4 is 0 Å². The van der Waals surface area contributed by atoms with Crippen molar-refractivity contribution in [2.75, 3.05) is 0 Å². The van der Waals surface area contributed by atoms with E-state index in [1.54, 1.807) is 4.52 Å². The van der Waals surface area contributed by atoms with Gasteiger partial charge in [-0.2, -0.15) is 5.10 Å². The van der Waals surface area contributed by atoms with E-state index in [-0.39, 0.29) is 0 Å². The maximum atomic E-state index is 6.39. The van der Waals surface area contributed by atoms with E-state index in [4.69, 9.17) is 16.6 Å². The van der Waals surface area contributed by atoms with Gasteiger partial charge in [0.15, 0.2) is 5.65 Å². The van der Waals surface area contributed by atoms with E-state index in [1.807, 2.05) is 36.4 Å². The summed E-state index contributed by atoms with van der Waals surface area (Å²) in [6, 6.07) is 14.1. The van der Waals surface area contributed by atoms with E-state index < -0.39 is 0 Å². The molecule has 1 fully saturated rings. The van der Waals surface area contributed by atoms with E-state index in [1.165, 1.54) is 25.7 Å². The molecule has 0 saturated heterocycles. The monoisotopic (exact) mass is 297 g/mol. The SMILES string of the molecule is Clc1cc(-c2ccccc2)nc2cc(C3CCCC3)nn12. The van der Waals surface area contributed by atoms with Crippen LogP contribution in [-0.2, 0) is 0 Å². The summed E-state index contributed by atoms with van der Waals surface area (Å²) in [5.41, 5.74) is 3.94. The molecule has 0 unspecified atom stereocenters. The summed E-state index contributed by atoms with van der Waals surface area (Å²) in [6.45, 7) is 0. The van der Waals surface area contributed by atoms with Gasteiger partial charge in [0, 0.05) is 23.6 Å². The molecular formula is C17H16ClN3. The number of benzene rings is 1. The molecule has 3 nitrogen and oxygen atoms in total. The molecule has 21 heavy (non-hydrogen) atoms. The molecule has 0 atom stereocenters.